The quantitative estimate of drug-likeness (QED) is 0.647. The number of hydrogen-bond acceptors (Lipinski definition) is 4. The minimum absolute atomic E-state index is 0.0555. The normalized spacial score (nSPS) is 14.5. The molecule has 0 atom stereocenters. The van der Waals surface area contributed by atoms with Gasteiger partial charge in [0.25, 0.3) is 5.91 Å². The Hall–Kier alpha value is -3.48. The molecule has 1 aliphatic heterocycles. The van der Waals surface area contributed by atoms with E-state index in [9.17, 15) is 14.4 Å². The fourth-order valence-corrected chi connectivity index (χ4v) is 4.19. The zero-order valence-electron chi connectivity index (χ0n) is 19.4. The second-order valence-corrected chi connectivity index (χ2v) is 8.90. The number of hydrogen-bond donors (Lipinski definition) is 1. The lowest BCUT2D eigenvalue weighted by Crippen LogP contribution is -2.40. The van der Waals surface area contributed by atoms with Crippen LogP contribution < -0.4 is 10.7 Å². The molecule has 1 fully saturated rings. The maximum Gasteiger partial charge on any atom is 0.259 e. The smallest absolute Gasteiger partial charge is 0.259 e. The van der Waals surface area contributed by atoms with Crippen LogP contribution in [0, 0.1) is 12.8 Å². The van der Waals surface area contributed by atoms with Crippen LogP contribution >= 0.6 is 0 Å². The van der Waals surface area contributed by atoms with E-state index in [1.807, 2.05) is 31.2 Å². The molecule has 0 bridgehead atoms. The molecule has 0 aliphatic carbocycles. The fraction of sp³-hybridized carbons (Fsp3) is 0.385. The van der Waals surface area contributed by atoms with Gasteiger partial charge in [-0.05, 0) is 61.9 Å². The first kappa shape index (κ1) is 22.7. The summed E-state index contributed by atoms with van der Waals surface area (Å²) in [6.45, 7) is 7.30. The van der Waals surface area contributed by atoms with Crippen molar-refractivity contribution in [3.63, 3.8) is 0 Å². The van der Waals surface area contributed by atoms with Crippen LogP contribution in [0.3, 0.4) is 0 Å². The van der Waals surface area contributed by atoms with Crippen molar-refractivity contribution in [3.8, 4) is 0 Å². The highest BCUT2D eigenvalue weighted by Gasteiger charge is 2.25. The Balaban J connectivity index is 1.66. The first-order chi connectivity index (χ1) is 15.9. The maximum absolute atomic E-state index is 13.2. The Morgan fingerprint density at radius 1 is 1.09 bits per heavy atom. The summed E-state index contributed by atoms with van der Waals surface area (Å²) in [4.78, 5) is 45.5. The average molecular weight is 447 g/mol. The second kappa shape index (κ2) is 9.57. The molecule has 1 saturated heterocycles. The van der Waals surface area contributed by atoms with Crippen molar-refractivity contribution >= 4 is 28.5 Å². The summed E-state index contributed by atoms with van der Waals surface area (Å²) in [6.07, 6.45) is 4.27. The molecule has 1 aliphatic rings. The topological polar surface area (TPSA) is 84.3 Å². The van der Waals surface area contributed by atoms with Gasteiger partial charge in [-0.15, -0.1) is 0 Å². The molecule has 172 valence electrons. The fourth-order valence-electron chi connectivity index (χ4n) is 4.19. The number of amides is 2. The number of aryl methyl sites for hydroxylation is 2. The van der Waals surface area contributed by atoms with Crippen LogP contribution in [0.2, 0.25) is 0 Å². The molecule has 1 aromatic carbocycles. The van der Waals surface area contributed by atoms with Gasteiger partial charge in [-0.2, -0.15) is 0 Å². The second-order valence-electron chi connectivity index (χ2n) is 8.90. The number of anilines is 1. The van der Waals surface area contributed by atoms with Crippen molar-refractivity contribution < 1.29 is 9.59 Å². The van der Waals surface area contributed by atoms with E-state index < -0.39 is 0 Å². The summed E-state index contributed by atoms with van der Waals surface area (Å²) < 4.78 is 1.61. The molecule has 0 spiro atoms. The Kier molecular flexibility index (Phi) is 6.58. The molecule has 2 amide bonds. The number of nitrogens with one attached hydrogen (secondary N) is 1. The standard InChI is InChI=1S/C26H30N4O3/c1-4-19-6-8-20(9-7-19)28-23(31)16-30-15-22(26(33)29-13-11-17(2)12-14-29)24(32)21-10-5-18(3)27-25(21)30/h5-10,15,17H,4,11-14,16H2,1-3H3,(H,28,31). The lowest BCUT2D eigenvalue weighted by Gasteiger charge is -2.30. The van der Waals surface area contributed by atoms with Gasteiger partial charge >= 0.3 is 0 Å². The molecule has 0 radical (unpaired) electrons. The molecule has 2 aromatic heterocycles. The van der Waals surface area contributed by atoms with Gasteiger partial charge in [-0.3, -0.25) is 14.4 Å². The van der Waals surface area contributed by atoms with Gasteiger partial charge < -0.3 is 14.8 Å². The van der Waals surface area contributed by atoms with E-state index in [1.54, 1.807) is 21.6 Å². The molecule has 3 heterocycles. The van der Waals surface area contributed by atoms with Crippen molar-refractivity contribution in [1.29, 1.82) is 0 Å². The monoisotopic (exact) mass is 446 g/mol. The Morgan fingerprint density at radius 2 is 1.79 bits per heavy atom. The molecular weight excluding hydrogens is 416 g/mol. The third-order valence-corrected chi connectivity index (χ3v) is 6.32. The molecule has 33 heavy (non-hydrogen) atoms. The predicted molar refractivity (Wildman–Crippen MR) is 129 cm³/mol. The van der Waals surface area contributed by atoms with E-state index in [-0.39, 0.29) is 29.4 Å². The Labute approximate surface area is 193 Å². The van der Waals surface area contributed by atoms with Crippen molar-refractivity contribution in [3.05, 3.63) is 69.6 Å². The van der Waals surface area contributed by atoms with E-state index in [1.165, 1.54) is 11.8 Å². The predicted octanol–water partition coefficient (Wildman–Crippen LogP) is 3.78. The van der Waals surface area contributed by atoms with Crippen LogP contribution in [0.5, 0.6) is 0 Å². The molecule has 7 heteroatoms. The number of piperidine rings is 1. The lowest BCUT2D eigenvalue weighted by atomic mass is 9.98. The largest absolute Gasteiger partial charge is 0.338 e. The number of benzene rings is 1. The summed E-state index contributed by atoms with van der Waals surface area (Å²) in [5, 5.41) is 3.24. The number of fused-ring (bicyclic) bond motifs is 1. The summed E-state index contributed by atoms with van der Waals surface area (Å²) in [5.41, 5.74) is 2.77. The highest BCUT2D eigenvalue weighted by molar-refractivity contribution is 5.97. The Bertz CT molecular complexity index is 1240. The number of carbonyl (C=O) groups is 2. The summed E-state index contributed by atoms with van der Waals surface area (Å²) >= 11 is 0. The van der Waals surface area contributed by atoms with E-state index in [0.717, 1.165) is 25.0 Å². The molecule has 7 nitrogen and oxygen atoms in total. The molecule has 4 rings (SSSR count). The van der Waals surface area contributed by atoms with Crippen LogP contribution in [0.15, 0.2) is 47.4 Å². The molecule has 0 unspecified atom stereocenters. The zero-order chi connectivity index (χ0) is 23.5. The van der Waals surface area contributed by atoms with E-state index >= 15 is 0 Å². The third-order valence-electron chi connectivity index (χ3n) is 6.32. The summed E-state index contributed by atoms with van der Waals surface area (Å²) in [6, 6.07) is 11.1. The third kappa shape index (κ3) is 4.97. The van der Waals surface area contributed by atoms with Gasteiger partial charge in [0, 0.05) is 30.7 Å². The molecule has 1 N–H and O–H groups in total. The van der Waals surface area contributed by atoms with Crippen LogP contribution in [0.1, 0.15) is 48.3 Å². The number of likely N-dealkylation sites (tertiary alicyclic amines) is 1. The number of pyridine rings is 2. The number of rotatable bonds is 5. The molecule has 3 aromatic rings. The SMILES string of the molecule is CCc1ccc(NC(=O)Cn2cc(C(=O)N3CCC(C)CC3)c(=O)c3ccc(C)nc32)cc1. The highest BCUT2D eigenvalue weighted by Crippen LogP contribution is 2.19. The Morgan fingerprint density at radius 3 is 2.45 bits per heavy atom. The van der Waals surface area contributed by atoms with Crippen molar-refractivity contribution in [1.82, 2.24) is 14.5 Å². The van der Waals surface area contributed by atoms with Crippen molar-refractivity contribution in [2.75, 3.05) is 18.4 Å². The molecular formula is C26H30N4O3. The van der Waals surface area contributed by atoms with Crippen LogP contribution in [-0.4, -0.2) is 39.4 Å². The maximum atomic E-state index is 13.2. The first-order valence-electron chi connectivity index (χ1n) is 11.5. The van der Waals surface area contributed by atoms with Gasteiger partial charge in [-0.25, -0.2) is 4.98 Å². The van der Waals surface area contributed by atoms with Gasteiger partial charge in [0.15, 0.2) is 0 Å². The van der Waals surface area contributed by atoms with Crippen LogP contribution in [-0.2, 0) is 17.8 Å². The first-order valence-corrected chi connectivity index (χ1v) is 11.5. The van der Waals surface area contributed by atoms with Crippen molar-refractivity contribution in [2.24, 2.45) is 5.92 Å². The van der Waals surface area contributed by atoms with E-state index in [2.05, 4.69) is 24.1 Å². The number of aromatic nitrogens is 2. The summed E-state index contributed by atoms with van der Waals surface area (Å²) in [5.74, 6) is 0.0426. The molecule has 0 saturated carbocycles. The van der Waals surface area contributed by atoms with Crippen molar-refractivity contribution in [2.45, 2.75) is 46.6 Å². The van der Waals surface area contributed by atoms with Gasteiger partial charge in [0.2, 0.25) is 11.3 Å². The zero-order valence-corrected chi connectivity index (χ0v) is 19.4. The van der Waals surface area contributed by atoms with E-state index in [0.29, 0.717) is 35.7 Å². The minimum Gasteiger partial charge on any atom is -0.338 e. The summed E-state index contributed by atoms with van der Waals surface area (Å²) in [7, 11) is 0. The number of nitrogens with zero attached hydrogens (tertiary/aromatic N) is 3. The van der Waals surface area contributed by atoms with Gasteiger partial charge in [-0.1, -0.05) is 26.0 Å². The highest BCUT2D eigenvalue weighted by atomic mass is 16.2. The minimum atomic E-state index is -0.340. The van der Waals surface area contributed by atoms with E-state index in [4.69, 9.17) is 0 Å². The average Bonchev–Trinajstić information content (AvgIpc) is 2.81. The van der Waals surface area contributed by atoms with Crippen LogP contribution in [0.25, 0.3) is 11.0 Å². The van der Waals surface area contributed by atoms with Gasteiger partial charge in [0.05, 0.1) is 5.39 Å². The number of carbonyl (C=O) groups excluding carboxylic acids is 2. The van der Waals surface area contributed by atoms with Crippen LogP contribution in [0.4, 0.5) is 5.69 Å². The van der Waals surface area contributed by atoms with Gasteiger partial charge in [0.1, 0.15) is 17.8 Å². The lowest BCUT2D eigenvalue weighted by molar-refractivity contribution is -0.116.